The van der Waals surface area contributed by atoms with Crippen molar-refractivity contribution in [1.82, 2.24) is 5.32 Å². The molecule has 6 nitrogen and oxygen atoms in total. The monoisotopic (exact) mass is 369 g/mol. The molecule has 2 aromatic carbocycles. The van der Waals surface area contributed by atoms with Gasteiger partial charge in [0.25, 0.3) is 0 Å². The molecule has 2 amide bonds. The van der Waals surface area contributed by atoms with Gasteiger partial charge in [0, 0.05) is 12.1 Å². The SMILES string of the molecule is CCOc1ccc(NC(=O)[C@@H]2CC(=O)NC(=Nc3ccccc3)S2)cc1. The molecule has 2 N–H and O–H groups in total. The number of amides is 2. The lowest BCUT2D eigenvalue weighted by Crippen LogP contribution is -2.41. The predicted molar refractivity (Wildman–Crippen MR) is 104 cm³/mol. The van der Waals surface area contributed by atoms with Crippen molar-refractivity contribution in [3.63, 3.8) is 0 Å². The van der Waals surface area contributed by atoms with Crippen LogP contribution in [0, 0.1) is 0 Å². The van der Waals surface area contributed by atoms with E-state index in [0.717, 1.165) is 11.4 Å². The molecule has 3 rings (SSSR count). The Balaban J connectivity index is 1.66. The Kier molecular flexibility index (Phi) is 5.91. The zero-order chi connectivity index (χ0) is 18.4. The van der Waals surface area contributed by atoms with E-state index in [1.165, 1.54) is 11.8 Å². The zero-order valence-electron chi connectivity index (χ0n) is 14.3. The molecule has 0 aromatic heterocycles. The van der Waals surface area contributed by atoms with Gasteiger partial charge in [-0.3, -0.25) is 9.59 Å². The summed E-state index contributed by atoms with van der Waals surface area (Å²) in [6.07, 6.45) is 0.112. The number of thioether (sulfide) groups is 1. The summed E-state index contributed by atoms with van der Waals surface area (Å²) in [6, 6.07) is 16.4. The number of para-hydroxylation sites is 1. The highest BCUT2D eigenvalue weighted by Gasteiger charge is 2.30. The van der Waals surface area contributed by atoms with Crippen molar-refractivity contribution < 1.29 is 14.3 Å². The van der Waals surface area contributed by atoms with Crippen LogP contribution in [0.5, 0.6) is 5.75 Å². The molecule has 0 radical (unpaired) electrons. The van der Waals surface area contributed by atoms with Crippen LogP contribution in [-0.2, 0) is 9.59 Å². The van der Waals surface area contributed by atoms with Crippen LogP contribution >= 0.6 is 11.8 Å². The van der Waals surface area contributed by atoms with Gasteiger partial charge in [-0.05, 0) is 43.3 Å². The van der Waals surface area contributed by atoms with E-state index >= 15 is 0 Å². The summed E-state index contributed by atoms with van der Waals surface area (Å²) < 4.78 is 5.38. The van der Waals surface area contributed by atoms with Gasteiger partial charge in [0.1, 0.15) is 11.0 Å². The number of rotatable bonds is 5. The quantitative estimate of drug-likeness (QED) is 0.847. The average Bonchev–Trinajstić information content (AvgIpc) is 2.64. The number of ether oxygens (including phenoxy) is 1. The molecule has 2 aromatic rings. The van der Waals surface area contributed by atoms with Crippen LogP contribution in [0.3, 0.4) is 0 Å². The molecule has 0 aliphatic carbocycles. The van der Waals surface area contributed by atoms with Crippen LogP contribution in [-0.4, -0.2) is 28.8 Å². The number of nitrogens with one attached hydrogen (secondary N) is 2. The largest absolute Gasteiger partial charge is 0.494 e. The fourth-order valence-corrected chi connectivity index (χ4v) is 3.39. The molecule has 1 atom stereocenters. The van der Waals surface area contributed by atoms with Crippen LogP contribution in [0.4, 0.5) is 11.4 Å². The number of benzene rings is 2. The van der Waals surface area contributed by atoms with Crippen molar-refractivity contribution in [2.75, 3.05) is 11.9 Å². The molecule has 1 heterocycles. The number of nitrogens with zero attached hydrogens (tertiary/aromatic N) is 1. The van der Waals surface area contributed by atoms with E-state index in [9.17, 15) is 9.59 Å². The van der Waals surface area contributed by atoms with Gasteiger partial charge in [0.2, 0.25) is 11.8 Å². The molecule has 0 spiro atoms. The summed E-state index contributed by atoms with van der Waals surface area (Å²) in [5, 5.41) is 5.45. The summed E-state index contributed by atoms with van der Waals surface area (Å²) in [5.41, 5.74) is 1.38. The fourth-order valence-electron chi connectivity index (χ4n) is 2.39. The normalized spacial score (nSPS) is 18.3. The van der Waals surface area contributed by atoms with E-state index < -0.39 is 5.25 Å². The van der Waals surface area contributed by atoms with Gasteiger partial charge in [-0.25, -0.2) is 4.99 Å². The number of carbonyl (C=O) groups is 2. The van der Waals surface area contributed by atoms with Gasteiger partial charge in [-0.2, -0.15) is 0 Å². The number of carbonyl (C=O) groups excluding carboxylic acids is 2. The first kappa shape index (κ1) is 18.0. The summed E-state index contributed by atoms with van der Waals surface area (Å²) >= 11 is 1.25. The first-order valence-electron chi connectivity index (χ1n) is 8.28. The van der Waals surface area contributed by atoms with Crippen LogP contribution in [0.2, 0.25) is 0 Å². The minimum Gasteiger partial charge on any atom is -0.494 e. The van der Waals surface area contributed by atoms with Gasteiger partial charge in [-0.15, -0.1) is 0 Å². The second-order valence-electron chi connectivity index (χ2n) is 5.56. The van der Waals surface area contributed by atoms with Crippen LogP contribution < -0.4 is 15.4 Å². The van der Waals surface area contributed by atoms with Gasteiger partial charge in [-0.1, -0.05) is 30.0 Å². The Bertz CT molecular complexity index is 807. The highest BCUT2D eigenvalue weighted by Crippen LogP contribution is 2.25. The third-order valence-electron chi connectivity index (χ3n) is 3.58. The van der Waals surface area contributed by atoms with Gasteiger partial charge < -0.3 is 15.4 Å². The second kappa shape index (κ2) is 8.53. The van der Waals surface area contributed by atoms with Crippen molar-refractivity contribution in [1.29, 1.82) is 0 Å². The third-order valence-corrected chi connectivity index (χ3v) is 4.67. The highest BCUT2D eigenvalue weighted by molar-refractivity contribution is 8.15. The van der Waals surface area contributed by atoms with Gasteiger partial charge >= 0.3 is 0 Å². The molecule has 0 bridgehead atoms. The topological polar surface area (TPSA) is 79.8 Å². The minimum absolute atomic E-state index is 0.112. The molecule has 0 saturated carbocycles. The fraction of sp³-hybridized carbons (Fsp3) is 0.211. The van der Waals surface area contributed by atoms with E-state index in [0.29, 0.717) is 17.5 Å². The smallest absolute Gasteiger partial charge is 0.238 e. The lowest BCUT2D eigenvalue weighted by atomic mass is 10.2. The van der Waals surface area contributed by atoms with Crippen LogP contribution in [0.1, 0.15) is 13.3 Å². The molecule has 1 aliphatic rings. The maximum atomic E-state index is 12.5. The molecule has 1 saturated heterocycles. The number of hydrogen-bond donors (Lipinski definition) is 2. The van der Waals surface area contributed by atoms with Crippen molar-refractivity contribution in [2.45, 2.75) is 18.6 Å². The number of hydrogen-bond acceptors (Lipinski definition) is 5. The average molecular weight is 369 g/mol. The van der Waals surface area contributed by atoms with E-state index in [1.54, 1.807) is 24.3 Å². The van der Waals surface area contributed by atoms with Crippen molar-refractivity contribution in [3.8, 4) is 5.75 Å². The summed E-state index contributed by atoms with van der Waals surface area (Å²) in [7, 11) is 0. The van der Waals surface area contributed by atoms with E-state index in [1.807, 2.05) is 37.3 Å². The summed E-state index contributed by atoms with van der Waals surface area (Å²) in [4.78, 5) is 28.9. The minimum atomic E-state index is -0.530. The van der Waals surface area contributed by atoms with Gasteiger partial charge in [0.05, 0.1) is 12.3 Å². The Morgan fingerprint density at radius 3 is 2.65 bits per heavy atom. The van der Waals surface area contributed by atoms with Crippen molar-refractivity contribution in [3.05, 3.63) is 54.6 Å². The molecular weight excluding hydrogens is 350 g/mol. The number of anilines is 1. The molecule has 0 unspecified atom stereocenters. The van der Waals surface area contributed by atoms with E-state index in [-0.39, 0.29) is 18.2 Å². The second-order valence-corrected chi connectivity index (χ2v) is 6.75. The van der Waals surface area contributed by atoms with Crippen molar-refractivity contribution in [2.24, 2.45) is 4.99 Å². The predicted octanol–water partition coefficient (Wildman–Crippen LogP) is 3.33. The maximum Gasteiger partial charge on any atom is 0.238 e. The Labute approximate surface area is 156 Å². The van der Waals surface area contributed by atoms with Crippen molar-refractivity contribution >= 4 is 40.1 Å². The highest BCUT2D eigenvalue weighted by atomic mass is 32.2. The number of amidine groups is 1. The molecule has 26 heavy (non-hydrogen) atoms. The van der Waals surface area contributed by atoms with Gasteiger partial charge in [0.15, 0.2) is 5.17 Å². The van der Waals surface area contributed by atoms with Crippen LogP contribution in [0.25, 0.3) is 0 Å². The van der Waals surface area contributed by atoms with E-state index in [2.05, 4.69) is 15.6 Å². The Morgan fingerprint density at radius 2 is 1.96 bits per heavy atom. The third kappa shape index (κ3) is 4.86. The molecule has 1 aliphatic heterocycles. The van der Waals surface area contributed by atoms with E-state index in [4.69, 9.17) is 4.74 Å². The molecule has 1 fully saturated rings. The zero-order valence-corrected chi connectivity index (χ0v) is 15.1. The molecule has 134 valence electrons. The lowest BCUT2D eigenvalue weighted by molar-refractivity contribution is -0.123. The molecule has 7 heteroatoms. The number of aliphatic imine (C=N–C) groups is 1. The first-order chi connectivity index (χ1) is 12.6. The Morgan fingerprint density at radius 1 is 1.23 bits per heavy atom. The standard InChI is InChI=1S/C19H19N3O3S/c1-2-25-15-10-8-14(9-11-15)20-18(24)16-12-17(23)22-19(26-16)21-13-6-4-3-5-7-13/h3-11,16H,2,12H2,1H3,(H,20,24)(H,21,22,23)/t16-/m0/s1. The lowest BCUT2D eigenvalue weighted by Gasteiger charge is -2.22. The maximum absolute atomic E-state index is 12.5. The van der Waals surface area contributed by atoms with Crippen LogP contribution in [0.15, 0.2) is 59.6 Å². The first-order valence-corrected chi connectivity index (χ1v) is 9.16. The summed E-state index contributed by atoms with van der Waals surface area (Å²) in [5.74, 6) is 0.300. The summed E-state index contributed by atoms with van der Waals surface area (Å²) in [6.45, 7) is 2.50. The Hall–Kier alpha value is -2.80. The molecular formula is C19H19N3O3S.